The molecule has 112 valence electrons. The summed E-state index contributed by atoms with van der Waals surface area (Å²) in [7, 11) is -4.44. The van der Waals surface area contributed by atoms with Crippen molar-refractivity contribution in [3.8, 4) is 11.3 Å². The van der Waals surface area contributed by atoms with Crippen molar-refractivity contribution in [2.45, 2.75) is 12.1 Å². The number of halogens is 3. The van der Waals surface area contributed by atoms with E-state index in [4.69, 9.17) is 0 Å². The highest BCUT2D eigenvalue weighted by Gasteiger charge is 2.34. The Morgan fingerprint density at radius 3 is 2.33 bits per heavy atom. The molecule has 6 nitrogen and oxygen atoms in total. The first-order valence-electron chi connectivity index (χ1n) is 5.48. The Morgan fingerprint density at radius 2 is 1.81 bits per heavy atom. The van der Waals surface area contributed by atoms with Gasteiger partial charge in [0.2, 0.25) is 11.7 Å². The Morgan fingerprint density at radius 1 is 1.19 bits per heavy atom. The van der Waals surface area contributed by atoms with Crippen molar-refractivity contribution in [3.05, 3.63) is 42.6 Å². The Hall–Kier alpha value is -2.07. The molecule has 0 saturated heterocycles. The number of nitrogens with zero attached hydrogens (tertiary/aromatic N) is 3. The molecule has 0 aromatic carbocycles. The van der Waals surface area contributed by atoms with Gasteiger partial charge in [-0.3, -0.25) is 0 Å². The third-order valence-corrected chi connectivity index (χ3v) is 3.02. The fourth-order valence-corrected chi connectivity index (χ4v) is 2.09. The highest BCUT2D eigenvalue weighted by Crippen LogP contribution is 2.27. The van der Waals surface area contributed by atoms with Crippen LogP contribution in [0.4, 0.5) is 13.2 Å². The van der Waals surface area contributed by atoms with Crippen LogP contribution in [-0.4, -0.2) is 22.9 Å². The van der Waals surface area contributed by atoms with Crippen LogP contribution in [0.1, 0.15) is 5.82 Å². The predicted octanol–water partition coefficient (Wildman–Crippen LogP) is 0.953. The second kappa shape index (κ2) is 5.37. The number of pyridine rings is 1. The van der Waals surface area contributed by atoms with Gasteiger partial charge in [0.25, 0.3) is 0 Å². The lowest BCUT2D eigenvalue weighted by Gasteiger charge is -2.06. The largest absolute Gasteiger partial charge is 0.743 e. The molecule has 0 radical (unpaired) electrons. The van der Waals surface area contributed by atoms with E-state index in [2.05, 4.69) is 9.97 Å². The van der Waals surface area contributed by atoms with Crippen LogP contribution in [0.15, 0.2) is 36.8 Å². The fourth-order valence-electron chi connectivity index (χ4n) is 1.55. The lowest BCUT2D eigenvalue weighted by molar-refractivity contribution is -0.678. The molecule has 0 aliphatic carbocycles. The van der Waals surface area contributed by atoms with Crippen LogP contribution >= 0.6 is 0 Å². The number of hydrogen-bond donors (Lipinski definition) is 0. The predicted molar refractivity (Wildman–Crippen MR) is 62.4 cm³/mol. The molecule has 0 fully saturated rings. The van der Waals surface area contributed by atoms with Crippen LogP contribution < -0.4 is 4.57 Å². The van der Waals surface area contributed by atoms with Crippen molar-refractivity contribution < 1.29 is 30.7 Å². The molecule has 2 heterocycles. The SMILES string of the molecule is O=S(=O)([O-])C[n+]1ccc(-c2ccnc(C(F)(F)F)n2)cc1. The van der Waals surface area contributed by atoms with Crippen LogP contribution in [0.3, 0.4) is 0 Å². The van der Waals surface area contributed by atoms with Crippen molar-refractivity contribution in [2.24, 2.45) is 0 Å². The van der Waals surface area contributed by atoms with Gasteiger partial charge in [0.1, 0.15) is 0 Å². The molecule has 0 amide bonds. The summed E-state index contributed by atoms with van der Waals surface area (Å²) in [6.07, 6.45) is -1.14. The van der Waals surface area contributed by atoms with Gasteiger partial charge in [-0.2, -0.15) is 17.7 Å². The van der Waals surface area contributed by atoms with E-state index in [9.17, 15) is 26.1 Å². The third-order valence-electron chi connectivity index (χ3n) is 2.40. The zero-order chi connectivity index (χ0) is 15.7. The second-order valence-corrected chi connectivity index (χ2v) is 5.42. The van der Waals surface area contributed by atoms with E-state index in [0.29, 0.717) is 5.56 Å². The maximum atomic E-state index is 12.5. The van der Waals surface area contributed by atoms with Crippen LogP contribution in [0.25, 0.3) is 11.3 Å². The number of hydrogen-bond acceptors (Lipinski definition) is 5. The molecule has 0 aliphatic heterocycles. The molecule has 0 spiro atoms. The van der Waals surface area contributed by atoms with Crippen molar-refractivity contribution in [1.82, 2.24) is 9.97 Å². The lowest BCUT2D eigenvalue weighted by Crippen LogP contribution is -2.36. The first-order valence-corrected chi connectivity index (χ1v) is 7.06. The van der Waals surface area contributed by atoms with Gasteiger partial charge >= 0.3 is 6.18 Å². The summed E-state index contributed by atoms with van der Waals surface area (Å²) >= 11 is 0. The van der Waals surface area contributed by atoms with Crippen LogP contribution in [0.5, 0.6) is 0 Å². The first-order chi connectivity index (χ1) is 9.65. The van der Waals surface area contributed by atoms with Crippen molar-refractivity contribution in [2.75, 3.05) is 0 Å². The summed E-state index contributed by atoms with van der Waals surface area (Å²) in [5.74, 6) is -2.02. The number of rotatable bonds is 3. The van der Waals surface area contributed by atoms with Gasteiger partial charge < -0.3 is 4.55 Å². The maximum Gasteiger partial charge on any atom is 0.451 e. The molecule has 21 heavy (non-hydrogen) atoms. The number of alkyl halides is 3. The molecular weight excluding hydrogens is 311 g/mol. The van der Waals surface area contributed by atoms with Crippen LogP contribution in [-0.2, 0) is 22.2 Å². The van der Waals surface area contributed by atoms with Gasteiger partial charge in [-0.25, -0.2) is 18.4 Å². The molecule has 0 aliphatic rings. The molecular formula is C11H8F3N3O3S. The topological polar surface area (TPSA) is 86.9 Å². The van der Waals surface area contributed by atoms with Gasteiger partial charge in [-0.15, -0.1) is 0 Å². The fraction of sp³-hybridized carbons (Fsp3) is 0.182. The van der Waals surface area contributed by atoms with E-state index in [1.54, 1.807) is 0 Å². The van der Waals surface area contributed by atoms with E-state index < -0.39 is 28.0 Å². The summed E-state index contributed by atoms with van der Waals surface area (Å²) in [5, 5.41) is 0. The maximum absolute atomic E-state index is 12.5. The minimum absolute atomic E-state index is 0.0365. The van der Waals surface area contributed by atoms with E-state index in [1.807, 2.05) is 0 Å². The molecule has 0 saturated carbocycles. The Kier molecular flexibility index (Phi) is 3.92. The molecule has 0 N–H and O–H groups in total. The normalized spacial score (nSPS) is 12.4. The molecule has 2 aromatic heterocycles. The van der Waals surface area contributed by atoms with Crippen LogP contribution in [0, 0.1) is 0 Å². The molecule has 0 unspecified atom stereocenters. The van der Waals surface area contributed by atoms with Crippen LogP contribution in [0.2, 0.25) is 0 Å². The standard InChI is InChI=1S/C11H8F3N3O3S/c12-11(13,14)10-15-4-1-9(16-10)8-2-5-17(6-3-8)7-21(18,19)20/h1-6H,7H2. The van der Waals surface area contributed by atoms with Crippen molar-refractivity contribution >= 4 is 10.1 Å². The van der Waals surface area contributed by atoms with E-state index in [1.165, 1.54) is 30.6 Å². The van der Waals surface area contributed by atoms with Crippen molar-refractivity contribution in [1.29, 1.82) is 0 Å². The van der Waals surface area contributed by atoms with Gasteiger partial charge in [-0.1, -0.05) is 0 Å². The summed E-state index contributed by atoms with van der Waals surface area (Å²) < 4.78 is 70.4. The first kappa shape index (κ1) is 15.3. The number of aromatic nitrogens is 3. The van der Waals surface area contributed by atoms with Gasteiger partial charge in [0.15, 0.2) is 22.5 Å². The summed E-state index contributed by atoms with van der Waals surface area (Å²) in [6, 6.07) is 4.00. The summed E-state index contributed by atoms with van der Waals surface area (Å²) in [6.45, 7) is 0. The zero-order valence-corrected chi connectivity index (χ0v) is 11.1. The van der Waals surface area contributed by atoms with Crippen molar-refractivity contribution in [3.63, 3.8) is 0 Å². The lowest BCUT2D eigenvalue weighted by atomic mass is 10.2. The van der Waals surface area contributed by atoms with E-state index in [0.717, 1.165) is 10.8 Å². The average molecular weight is 319 g/mol. The highest BCUT2D eigenvalue weighted by atomic mass is 32.2. The quantitative estimate of drug-likeness (QED) is 0.621. The highest BCUT2D eigenvalue weighted by molar-refractivity contribution is 7.84. The average Bonchev–Trinajstić information content (AvgIpc) is 2.37. The third kappa shape index (κ3) is 4.20. The molecule has 10 heteroatoms. The molecule has 0 bridgehead atoms. The molecule has 2 aromatic rings. The minimum Gasteiger partial charge on any atom is -0.743 e. The smallest absolute Gasteiger partial charge is 0.451 e. The Labute approximate surface area is 117 Å². The van der Waals surface area contributed by atoms with Gasteiger partial charge in [0, 0.05) is 23.9 Å². The second-order valence-electron chi connectivity index (χ2n) is 4.05. The van der Waals surface area contributed by atoms with Gasteiger partial charge in [-0.05, 0) is 6.07 Å². The summed E-state index contributed by atoms with van der Waals surface area (Å²) in [4.78, 5) is 6.53. The monoisotopic (exact) mass is 319 g/mol. The Bertz CT molecular complexity index is 745. The summed E-state index contributed by atoms with van der Waals surface area (Å²) in [5.41, 5.74) is 0.372. The minimum atomic E-state index is -4.65. The van der Waals surface area contributed by atoms with Gasteiger partial charge in [0.05, 0.1) is 5.69 Å². The zero-order valence-electron chi connectivity index (χ0n) is 10.3. The molecule has 0 atom stereocenters. The molecule has 2 rings (SSSR count). The van der Waals surface area contributed by atoms with E-state index in [-0.39, 0.29) is 5.69 Å². The van der Waals surface area contributed by atoms with E-state index >= 15 is 0 Å². The Balaban J connectivity index is 2.31.